The molecule has 0 aliphatic heterocycles. The summed E-state index contributed by atoms with van der Waals surface area (Å²) in [6.07, 6.45) is 0. The van der Waals surface area contributed by atoms with E-state index >= 15 is 0 Å². The number of aryl methyl sites for hydroxylation is 1. The van der Waals surface area contributed by atoms with Gasteiger partial charge >= 0.3 is 0 Å². The lowest BCUT2D eigenvalue weighted by Gasteiger charge is -2.07. The number of rotatable bonds is 3. The highest BCUT2D eigenvalue weighted by molar-refractivity contribution is 6.31. The van der Waals surface area contributed by atoms with Crippen molar-refractivity contribution in [1.82, 2.24) is 9.78 Å². The van der Waals surface area contributed by atoms with Crippen molar-refractivity contribution in [2.45, 2.75) is 26.8 Å². The molecule has 3 N–H and O–H groups in total. The summed E-state index contributed by atoms with van der Waals surface area (Å²) in [6.45, 7) is 5.86. The summed E-state index contributed by atoms with van der Waals surface area (Å²) in [5.41, 5.74) is 8.05. The first-order chi connectivity index (χ1) is 9.43. The van der Waals surface area contributed by atoms with E-state index in [9.17, 15) is 5.26 Å². The molecule has 0 aliphatic carbocycles. The summed E-state index contributed by atoms with van der Waals surface area (Å²) in [6, 6.07) is 7.77. The first-order valence-corrected chi connectivity index (χ1v) is 6.63. The second kappa shape index (κ2) is 5.43. The Morgan fingerprint density at radius 1 is 1.45 bits per heavy atom. The summed E-state index contributed by atoms with van der Waals surface area (Å²) >= 11 is 6.12. The van der Waals surface area contributed by atoms with E-state index in [0.717, 1.165) is 11.3 Å². The van der Waals surface area contributed by atoms with Gasteiger partial charge in [0.05, 0.1) is 5.69 Å². The molecule has 0 aliphatic rings. The van der Waals surface area contributed by atoms with Crippen molar-refractivity contribution in [3.05, 3.63) is 34.3 Å². The van der Waals surface area contributed by atoms with Crippen molar-refractivity contribution in [3.8, 4) is 11.8 Å². The quantitative estimate of drug-likeness (QED) is 0.910. The van der Waals surface area contributed by atoms with Crippen LogP contribution in [0.1, 0.15) is 25.0 Å². The largest absolute Gasteiger partial charge is 0.382 e. The first-order valence-electron chi connectivity index (χ1n) is 6.25. The number of nitrogen functional groups attached to an aromatic ring is 1. The molecule has 0 saturated heterocycles. The Bertz CT molecular complexity index is 682. The van der Waals surface area contributed by atoms with Gasteiger partial charge in [-0.15, -0.1) is 5.10 Å². The molecule has 0 saturated carbocycles. The maximum Gasteiger partial charge on any atom is 0.168 e. The molecule has 1 aromatic carbocycles. The number of nitrogens with two attached hydrogens (primary N) is 1. The number of halogens is 1. The number of anilines is 2. The predicted octanol–water partition coefficient (Wildman–Crippen LogP) is 3.11. The maximum absolute atomic E-state index is 9.22. The SMILES string of the molecule is Cc1ccc(-n2nc(NC(C)C)c(C#N)c2N)cc1Cl. The highest BCUT2D eigenvalue weighted by Crippen LogP contribution is 2.26. The summed E-state index contributed by atoms with van der Waals surface area (Å²) < 4.78 is 1.52. The Kier molecular flexibility index (Phi) is 3.86. The third-order valence-corrected chi connectivity index (χ3v) is 3.27. The lowest BCUT2D eigenvalue weighted by Crippen LogP contribution is -2.11. The summed E-state index contributed by atoms with van der Waals surface area (Å²) in [7, 11) is 0. The standard InChI is InChI=1S/C14H16ClN5/c1-8(2)18-14-11(7-16)13(17)20(19-14)10-5-4-9(3)12(15)6-10/h4-6,8H,17H2,1-3H3,(H,18,19). The van der Waals surface area contributed by atoms with Gasteiger partial charge in [-0.3, -0.25) is 0 Å². The van der Waals surface area contributed by atoms with Gasteiger partial charge in [-0.1, -0.05) is 17.7 Å². The van der Waals surface area contributed by atoms with Crippen LogP contribution in [0.25, 0.3) is 5.69 Å². The van der Waals surface area contributed by atoms with Gasteiger partial charge in [0.1, 0.15) is 17.5 Å². The monoisotopic (exact) mass is 289 g/mol. The molecular formula is C14H16ClN5. The van der Waals surface area contributed by atoms with E-state index in [0.29, 0.717) is 22.2 Å². The molecule has 0 radical (unpaired) electrons. The number of aromatic nitrogens is 2. The summed E-state index contributed by atoms with van der Waals surface area (Å²) in [4.78, 5) is 0. The van der Waals surface area contributed by atoms with Crippen LogP contribution in [0.2, 0.25) is 5.02 Å². The Labute approximate surface area is 123 Å². The molecule has 0 amide bonds. The van der Waals surface area contributed by atoms with Gasteiger partial charge in [-0.2, -0.15) is 5.26 Å². The van der Waals surface area contributed by atoms with Crippen LogP contribution in [-0.4, -0.2) is 15.8 Å². The molecule has 6 heteroatoms. The van der Waals surface area contributed by atoms with Gasteiger partial charge in [0.15, 0.2) is 5.82 Å². The fraction of sp³-hybridized carbons (Fsp3) is 0.286. The van der Waals surface area contributed by atoms with Crippen LogP contribution >= 0.6 is 11.6 Å². The third-order valence-electron chi connectivity index (χ3n) is 2.86. The second-order valence-corrected chi connectivity index (χ2v) is 5.27. The number of nitrogens with zero attached hydrogens (tertiary/aromatic N) is 3. The fourth-order valence-electron chi connectivity index (χ4n) is 1.83. The lowest BCUT2D eigenvalue weighted by molar-refractivity contribution is 0.850. The van der Waals surface area contributed by atoms with Gasteiger partial charge in [0, 0.05) is 11.1 Å². The Morgan fingerprint density at radius 2 is 2.15 bits per heavy atom. The molecule has 20 heavy (non-hydrogen) atoms. The minimum Gasteiger partial charge on any atom is -0.382 e. The Balaban J connectivity index is 2.54. The van der Waals surface area contributed by atoms with Crippen molar-refractivity contribution in [3.63, 3.8) is 0 Å². The molecule has 1 heterocycles. The zero-order valence-electron chi connectivity index (χ0n) is 11.6. The van der Waals surface area contributed by atoms with Crippen LogP contribution in [0.15, 0.2) is 18.2 Å². The van der Waals surface area contributed by atoms with E-state index < -0.39 is 0 Å². The fourth-order valence-corrected chi connectivity index (χ4v) is 2.00. The number of hydrogen-bond acceptors (Lipinski definition) is 4. The van der Waals surface area contributed by atoms with Gasteiger partial charge in [-0.25, -0.2) is 4.68 Å². The smallest absolute Gasteiger partial charge is 0.168 e. The molecular weight excluding hydrogens is 274 g/mol. The van der Waals surface area contributed by atoms with E-state index in [1.165, 1.54) is 4.68 Å². The normalized spacial score (nSPS) is 10.6. The van der Waals surface area contributed by atoms with Crippen molar-refractivity contribution >= 4 is 23.2 Å². The molecule has 0 atom stereocenters. The Hall–Kier alpha value is -2.19. The highest BCUT2D eigenvalue weighted by Gasteiger charge is 2.17. The molecule has 0 fully saturated rings. The number of nitriles is 1. The van der Waals surface area contributed by atoms with Crippen LogP contribution in [-0.2, 0) is 0 Å². The lowest BCUT2D eigenvalue weighted by atomic mass is 10.2. The third kappa shape index (κ3) is 2.56. The topological polar surface area (TPSA) is 79.7 Å². The van der Waals surface area contributed by atoms with Crippen LogP contribution in [0.4, 0.5) is 11.6 Å². The van der Waals surface area contributed by atoms with Crippen molar-refractivity contribution in [2.75, 3.05) is 11.1 Å². The highest BCUT2D eigenvalue weighted by atomic mass is 35.5. The molecule has 0 bridgehead atoms. The van der Waals surface area contributed by atoms with Crippen LogP contribution in [0.3, 0.4) is 0 Å². The van der Waals surface area contributed by atoms with Gasteiger partial charge in [0.25, 0.3) is 0 Å². The van der Waals surface area contributed by atoms with Crippen molar-refractivity contribution in [1.29, 1.82) is 5.26 Å². The molecule has 0 unspecified atom stereocenters. The minimum absolute atomic E-state index is 0.159. The van der Waals surface area contributed by atoms with Crippen LogP contribution in [0, 0.1) is 18.3 Å². The van der Waals surface area contributed by atoms with E-state index in [1.54, 1.807) is 6.07 Å². The summed E-state index contributed by atoms with van der Waals surface area (Å²) in [5.74, 6) is 0.785. The average Bonchev–Trinajstić information content (AvgIpc) is 2.68. The molecule has 2 aromatic rings. The van der Waals surface area contributed by atoms with E-state index in [2.05, 4.69) is 16.5 Å². The molecule has 0 spiro atoms. The van der Waals surface area contributed by atoms with Crippen LogP contribution in [0.5, 0.6) is 0 Å². The van der Waals surface area contributed by atoms with Crippen molar-refractivity contribution in [2.24, 2.45) is 0 Å². The molecule has 104 valence electrons. The average molecular weight is 290 g/mol. The van der Waals surface area contributed by atoms with E-state index in [-0.39, 0.29) is 6.04 Å². The molecule has 1 aromatic heterocycles. The van der Waals surface area contributed by atoms with Gasteiger partial charge in [-0.05, 0) is 38.5 Å². The zero-order valence-corrected chi connectivity index (χ0v) is 12.4. The predicted molar refractivity (Wildman–Crippen MR) is 81.2 cm³/mol. The zero-order chi connectivity index (χ0) is 14.9. The molecule has 5 nitrogen and oxygen atoms in total. The van der Waals surface area contributed by atoms with Crippen LogP contribution < -0.4 is 11.1 Å². The maximum atomic E-state index is 9.22. The van der Waals surface area contributed by atoms with E-state index in [1.807, 2.05) is 32.9 Å². The van der Waals surface area contributed by atoms with Crippen molar-refractivity contribution < 1.29 is 0 Å². The first kappa shape index (κ1) is 14.2. The molecule has 2 rings (SSSR count). The summed E-state index contributed by atoms with van der Waals surface area (Å²) in [5, 5.41) is 17.3. The number of benzene rings is 1. The number of nitrogens with one attached hydrogen (secondary N) is 1. The van der Waals surface area contributed by atoms with Gasteiger partial charge in [0.2, 0.25) is 0 Å². The van der Waals surface area contributed by atoms with E-state index in [4.69, 9.17) is 17.3 Å². The number of hydrogen-bond donors (Lipinski definition) is 2. The Morgan fingerprint density at radius 3 is 2.70 bits per heavy atom. The minimum atomic E-state index is 0.159. The second-order valence-electron chi connectivity index (χ2n) is 4.86. The van der Waals surface area contributed by atoms with Gasteiger partial charge < -0.3 is 11.1 Å².